The second-order valence-corrected chi connectivity index (χ2v) is 5.08. The van der Waals surface area contributed by atoms with E-state index in [-0.39, 0.29) is 0 Å². The van der Waals surface area contributed by atoms with Gasteiger partial charge >= 0.3 is 0 Å². The van der Waals surface area contributed by atoms with E-state index in [4.69, 9.17) is 11.6 Å². The lowest BCUT2D eigenvalue weighted by Gasteiger charge is -2.10. The van der Waals surface area contributed by atoms with Crippen LogP contribution in [0.1, 0.15) is 12.5 Å². The fourth-order valence-electron chi connectivity index (χ4n) is 1.47. The van der Waals surface area contributed by atoms with Gasteiger partial charge in [-0.25, -0.2) is 4.68 Å². The third-order valence-corrected chi connectivity index (χ3v) is 4.03. The van der Waals surface area contributed by atoms with Gasteiger partial charge in [-0.2, -0.15) is 0 Å². The third kappa shape index (κ3) is 3.01. The second-order valence-electron chi connectivity index (χ2n) is 3.70. The maximum Gasteiger partial charge on any atom is 0.213 e. The molecule has 96 valence electrons. The summed E-state index contributed by atoms with van der Waals surface area (Å²) in [6.07, 6.45) is 0. The Balaban J connectivity index is 2.28. The molecule has 0 atom stereocenters. The molecule has 0 aliphatic heterocycles. The molecule has 0 aliphatic rings. The lowest BCUT2D eigenvalue weighted by Crippen LogP contribution is -2.12. The Kier molecular flexibility index (Phi) is 4.57. The number of halogens is 1. The Hall–Kier alpha value is -1.11. The van der Waals surface area contributed by atoms with Crippen molar-refractivity contribution in [2.45, 2.75) is 23.5 Å². The van der Waals surface area contributed by atoms with E-state index < -0.39 is 0 Å². The lowest BCUT2D eigenvalue weighted by atomic mass is 10.2. The van der Waals surface area contributed by atoms with E-state index in [1.165, 1.54) is 11.8 Å². The molecule has 1 aromatic carbocycles. The standard InChI is InChI=1S/C11H14ClN5S/c1-3-13-7-8-5-4-6-9(12)10(8)18-11-14-15-16-17(11)2/h4-6,13H,3,7H2,1-2H3. The molecule has 18 heavy (non-hydrogen) atoms. The number of aromatic nitrogens is 4. The van der Waals surface area contributed by atoms with E-state index in [2.05, 4.69) is 33.8 Å². The second kappa shape index (κ2) is 6.17. The molecule has 1 aromatic heterocycles. The summed E-state index contributed by atoms with van der Waals surface area (Å²) in [6.45, 7) is 3.77. The van der Waals surface area contributed by atoms with Gasteiger partial charge in [-0.3, -0.25) is 0 Å². The van der Waals surface area contributed by atoms with Crippen molar-refractivity contribution in [1.82, 2.24) is 25.5 Å². The first-order valence-electron chi connectivity index (χ1n) is 5.60. The maximum absolute atomic E-state index is 6.25. The fourth-order valence-corrected chi connectivity index (χ4v) is 2.64. The average molecular weight is 284 g/mol. The highest BCUT2D eigenvalue weighted by Gasteiger charge is 2.12. The molecule has 5 nitrogen and oxygen atoms in total. The highest BCUT2D eigenvalue weighted by atomic mass is 35.5. The minimum Gasteiger partial charge on any atom is -0.313 e. The molecule has 0 unspecified atom stereocenters. The summed E-state index contributed by atoms with van der Waals surface area (Å²) < 4.78 is 1.63. The van der Waals surface area contributed by atoms with Crippen LogP contribution in [0.2, 0.25) is 5.02 Å². The van der Waals surface area contributed by atoms with Crippen molar-refractivity contribution in [2.75, 3.05) is 6.54 Å². The molecule has 0 bridgehead atoms. The minimum atomic E-state index is 0.721. The van der Waals surface area contributed by atoms with Crippen LogP contribution in [0.3, 0.4) is 0 Å². The van der Waals surface area contributed by atoms with Gasteiger partial charge in [0, 0.05) is 18.5 Å². The number of nitrogens with one attached hydrogen (secondary N) is 1. The van der Waals surface area contributed by atoms with Gasteiger partial charge in [-0.05, 0) is 40.4 Å². The van der Waals surface area contributed by atoms with Crippen LogP contribution in [0, 0.1) is 0 Å². The van der Waals surface area contributed by atoms with Crippen molar-refractivity contribution in [1.29, 1.82) is 0 Å². The monoisotopic (exact) mass is 283 g/mol. The molecule has 0 saturated heterocycles. The van der Waals surface area contributed by atoms with Gasteiger partial charge in [-0.1, -0.05) is 30.7 Å². The highest BCUT2D eigenvalue weighted by Crippen LogP contribution is 2.34. The number of nitrogens with zero attached hydrogens (tertiary/aromatic N) is 4. The van der Waals surface area contributed by atoms with Crippen LogP contribution in [0.5, 0.6) is 0 Å². The van der Waals surface area contributed by atoms with Crippen molar-refractivity contribution in [3.05, 3.63) is 28.8 Å². The van der Waals surface area contributed by atoms with Gasteiger partial charge < -0.3 is 5.32 Å². The van der Waals surface area contributed by atoms with Crippen LogP contribution in [-0.2, 0) is 13.6 Å². The molecule has 7 heteroatoms. The van der Waals surface area contributed by atoms with Gasteiger partial charge in [0.05, 0.1) is 5.02 Å². The smallest absolute Gasteiger partial charge is 0.213 e. The zero-order valence-corrected chi connectivity index (χ0v) is 11.8. The predicted molar refractivity (Wildman–Crippen MR) is 71.8 cm³/mol. The summed E-state index contributed by atoms with van der Waals surface area (Å²) in [5.74, 6) is 0. The SMILES string of the molecule is CCNCc1cccc(Cl)c1Sc1nnnn1C. The summed E-state index contributed by atoms with van der Waals surface area (Å²) >= 11 is 7.73. The number of benzene rings is 1. The zero-order valence-electron chi connectivity index (χ0n) is 10.2. The van der Waals surface area contributed by atoms with Crippen LogP contribution >= 0.6 is 23.4 Å². The zero-order chi connectivity index (χ0) is 13.0. The Labute approximate surface area is 115 Å². The Morgan fingerprint density at radius 2 is 2.28 bits per heavy atom. The molecule has 0 amide bonds. The quantitative estimate of drug-likeness (QED) is 0.911. The van der Waals surface area contributed by atoms with Gasteiger partial charge in [0.1, 0.15) is 0 Å². The molecule has 1 heterocycles. The van der Waals surface area contributed by atoms with Gasteiger partial charge in [0.25, 0.3) is 0 Å². The largest absolute Gasteiger partial charge is 0.313 e. The van der Waals surface area contributed by atoms with Crippen molar-refractivity contribution in [3.8, 4) is 0 Å². The predicted octanol–water partition coefficient (Wildman–Crippen LogP) is 2.12. The molecule has 2 aromatic rings. The van der Waals surface area contributed by atoms with E-state index in [1.807, 2.05) is 19.2 Å². The normalized spacial score (nSPS) is 10.8. The summed E-state index contributed by atoms with van der Waals surface area (Å²) in [6, 6.07) is 5.89. The molecule has 0 saturated carbocycles. The first-order chi connectivity index (χ1) is 8.72. The molecule has 0 aliphatic carbocycles. The van der Waals surface area contributed by atoms with Crippen LogP contribution in [0.25, 0.3) is 0 Å². The summed E-state index contributed by atoms with van der Waals surface area (Å²) in [5.41, 5.74) is 1.15. The van der Waals surface area contributed by atoms with Crippen LogP contribution < -0.4 is 5.32 Å². The van der Waals surface area contributed by atoms with Crippen LogP contribution in [0.15, 0.2) is 28.3 Å². The Morgan fingerprint density at radius 3 is 2.94 bits per heavy atom. The number of tetrazole rings is 1. The molecule has 0 radical (unpaired) electrons. The van der Waals surface area contributed by atoms with E-state index in [0.717, 1.165) is 33.7 Å². The minimum absolute atomic E-state index is 0.721. The van der Waals surface area contributed by atoms with Crippen molar-refractivity contribution < 1.29 is 0 Å². The van der Waals surface area contributed by atoms with Crippen LogP contribution in [-0.4, -0.2) is 26.8 Å². The highest BCUT2D eigenvalue weighted by molar-refractivity contribution is 7.99. The summed E-state index contributed by atoms with van der Waals surface area (Å²) in [4.78, 5) is 0.998. The molecular weight excluding hydrogens is 270 g/mol. The van der Waals surface area contributed by atoms with E-state index in [0.29, 0.717) is 0 Å². The van der Waals surface area contributed by atoms with Crippen molar-refractivity contribution in [2.24, 2.45) is 7.05 Å². The lowest BCUT2D eigenvalue weighted by molar-refractivity contribution is 0.664. The maximum atomic E-state index is 6.25. The number of hydrogen-bond donors (Lipinski definition) is 1. The Morgan fingerprint density at radius 1 is 1.44 bits per heavy atom. The molecule has 0 fully saturated rings. The number of aryl methyl sites for hydroxylation is 1. The number of rotatable bonds is 5. The fraction of sp³-hybridized carbons (Fsp3) is 0.364. The molecule has 1 N–H and O–H groups in total. The summed E-state index contributed by atoms with van der Waals surface area (Å²) in [7, 11) is 1.81. The van der Waals surface area contributed by atoms with E-state index in [9.17, 15) is 0 Å². The van der Waals surface area contributed by atoms with Crippen molar-refractivity contribution >= 4 is 23.4 Å². The topological polar surface area (TPSA) is 55.6 Å². The van der Waals surface area contributed by atoms with Gasteiger partial charge in [0.15, 0.2) is 0 Å². The van der Waals surface area contributed by atoms with Crippen molar-refractivity contribution in [3.63, 3.8) is 0 Å². The summed E-state index contributed by atoms with van der Waals surface area (Å²) in [5, 5.41) is 16.1. The first kappa shape index (κ1) is 13.3. The van der Waals surface area contributed by atoms with Crippen LogP contribution in [0.4, 0.5) is 0 Å². The Bertz CT molecular complexity index is 528. The number of hydrogen-bond acceptors (Lipinski definition) is 5. The van der Waals surface area contributed by atoms with Gasteiger partial charge in [-0.15, -0.1) is 5.10 Å². The van der Waals surface area contributed by atoms with Gasteiger partial charge in [0.2, 0.25) is 5.16 Å². The third-order valence-electron chi connectivity index (χ3n) is 2.39. The molecule has 0 spiro atoms. The first-order valence-corrected chi connectivity index (χ1v) is 6.80. The average Bonchev–Trinajstić information content (AvgIpc) is 2.76. The van der Waals surface area contributed by atoms with E-state index >= 15 is 0 Å². The molecule has 2 rings (SSSR count). The molecular formula is C11H14ClN5S. The van der Waals surface area contributed by atoms with E-state index in [1.54, 1.807) is 4.68 Å².